The fraction of sp³-hybridized carbons (Fsp3) is 0.250. The van der Waals surface area contributed by atoms with E-state index in [-0.39, 0.29) is 12.5 Å². The van der Waals surface area contributed by atoms with Gasteiger partial charge in [-0.05, 0) is 31.2 Å². The van der Waals surface area contributed by atoms with Crippen molar-refractivity contribution in [3.05, 3.63) is 54.4 Å². The molecular formula is C20H21N3O5. The maximum Gasteiger partial charge on any atom is 0.261 e. The summed E-state index contributed by atoms with van der Waals surface area (Å²) in [6, 6.07) is 14.4. The highest BCUT2D eigenvalue weighted by molar-refractivity contribution is 5.80. The van der Waals surface area contributed by atoms with Crippen molar-refractivity contribution in [3.8, 4) is 28.6 Å². The number of aromatic nitrogens is 2. The van der Waals surface area contributed by atoms with Gasteiger partial charge in [-0.3, -0.25) is 4.79 Å². The average molecular weight is 383 g/mol. The average Bonchev–Trinajstić information content (AvgIpc) is 3.21. The van der Waals surface area contributed by atoms with Crippen LogP contribution < -0.4 is 19.5 Å². The summed E-state index contributed by atoms with van der Waals surface area (Å²) in [7, 11) is 3.16. The minimum atomic E-state index is -0.701. The van der Waals surface area contributed by atoms with E-state index in [1.807, 2.05) is 18.2 Å². The molecule has 1 heterocycles. The predicted octanol–water partition coefficient (Wildman–Crippen LogP) is 2.84. The van der Waals surface area contributed by atoms with Crippen molar-refractivity contribution < 1.29 is 23.5 Å². The van der Waals surface area contributed by atoms with E-state index in [4.69, 9.17) is 18.7 Å². The number of amides is 1. The van der Waals surface area contributed by atoms with Crippen LogP contribution in [-0.2, 0) is 11.3 Å². The van der Waals surface area contributed by atoms with Gasteiger partial charge in [-0.25, -0.2) is 0 Å². The molecule has 1 N–H and O–H groups in total. The first-order chi connectivity index (χ1) is 13.6. The highest BCUT2D eigenvalue weighted by atomic mass is 16.5. The number of nitrogens with zero attached hydrogens (tertiary/aromatic N) is 2. The number of carbonyl (C=O) groups is 1. The van der Waals surface area contributed by atoms with Crippen LogP contribution in [0.3, 0.4) is 0 Å². The van der Waals surface area contributed by atoms with Gasteiger partial charge in [0.25, 0.3) is 5.91 Å². The van der Waals surface area contributed by atoms with Crippen LogP contribution in [0, 0.1) is 0 Å². The highest BCUT2D eigenvalue weighted by Crippen LogP contribution is 2.21. The number of rotatable bonds is 8. The maximum atomic E-state index is 12.3. The molecule has 0 bridgehead atoms. The minimum Gasteiger partial charge on any atom is -0.497 e. The molecule has 2 aromatic carbocycles. The molecule has 0 aliphatic rings. The number of methoxy groups -OCH3 is 2. The molecule has 3 aromatic rings. The molecule has 0 saturated carbocycles. The summed E-state index contributed by atoms with van der Waals surface area (Å²) in [5, 5.41) is 6.65. The largest absolute Gasteiger partial charge is 0.497 e. The van der Waals surface area contributed by atoms with E-state index in [0.717, 1.165) is 5.56 Å². The van der Waals surface area contributed by atoms with E-state index in [1.54, 1.807) is 51.5 Å². The second-order valence-corrected chi connectivity index (χ2v) is 5.90. The summed E-state index contributed by atoms with van der Waals surface area (Å²) in [6.07, 6.45) is -0.701. The van der Waals surface area contributed by atoms with Crippen LogP contribution >= 0.6 is 0 Å². The van der Waals surface area contributed by atoms with Crippen LogP contribution in [0.15, 0.2) is 53.1 Å². The second-order valence-electron chi connectivity index (χ2n) is 5.90. The maximum absolute atomic E-state index is 12.3. The van der Waals surface area contributed by atoms with E-state index in [0.29, 0.717) is 29.0 Å². The van der Waals surface area contributed by atoms with Crippen LogP contribution in [-0.4, -0.2) is 36.4 Å². The van der Waals surface area contributed by atoms with Crippen LogP contribution in [0.25, 0.3) is 11.4 Å². The molecule has 1 aromatic heterocycles. The molecule has 1 amide bonds. The number of hydrogen-bond acceptors (Lipinski definition) is 7. The van der Waals surface area contributed by atoms with Gasteiger partial charge in [-0.15, -0.1) is 0 Å². The summed E-state index contributed by atoms with van der Waals surface area (Å²) in [5.74, 6) is 2.30. The van der Waals surface area contributed by atoms with Gasteiger partial charge in [-0.1, -0.05) is 23.4 Å². The van der Waals surface area contributed by atoms with Crippen molar-refractivity contribution in [1.82, 2.24) is 15.5 Å². The first-order valence-electron chi connectivity index (χ1n) is 8.64. The van der Waals surface area contributed by atoms with Crippen molar-refractivity contribution in [2.24, 2.45) is 0 Å². The third-order valence-electron chi connectivity index (χ3n) is 3.93. The molecule has 0 spiro atoms. The Morgan fingerprint density at radius 3 is 2.50 bits per heavy atom. The lowest BCUT2D eigenvalue weighted by Gasteiger charge is -2.14. The van der Waals surface area contributed by atoms with E-state index in [9.17, 15) is 4.79 Å². The van der Waals surface area contributed by atoms with Gasteiger partial charge in [0.15, 0.2) is 6.10 Å². The van der Waals surface area contributed by atoms with Crippen molar-refractivity contribution in [2.75, 3.05) is 14.2 Å². The van der Waals surface area contributed by atoms with Crippen LogP contribution in [0.2, 0.25) is 0 Å². The van der Waals surface area contributed by atoms with E-state index in [2.05, 4.69) is 15.5 Å². The number of ether oxygens (including phenoxy) is 3. The molecule has 146 valence electrons. The Bertz CT molecular complexity index is 941. The molecule has 8 heteroatoms. The van der Waals surface area contributed by atoms with Gasteiger partial charge in [0.1, 0.15) is 17.2 Å². The lowest BCUT2D eigenvalue weighted by atomic mass is 10.2. The molecule has 0 unspecified atom stereocenters. The lowest BCUT2D eigenvalue weighted by Crippen LogP contribution is -2.36. The molecule has 28 heavy (non-hydrogen) atoms. The standard InChI is InChI=1S/C20H21N3O5/c1-13(27-17-9-5-8-16(11-17)26-3)20(24)21-12-18-22-19(23-28-18)14-6-4-7-15(10-14)25-2/h4-11,13H,12H2,1-3H3,(H,21,24)/t13-/m0/s1. The molecule has 0 aliphatic heterocycles. The normalized spacial score (nSPS) is 11.5. The fourth-order valence-electron chi connectivity index (χ4n) is 2.44. The zero-order valence-corrected chi connectivity index (χ0v) is 15.8. The van der Waals surface area contributed by atoms with Gasteiger partial charge in [0.05, 0.1) is 20.8 Å². The van der Waals surface area contributed by atoms with E-state index >= 15 is 0 Å². The smallest absolute Gasteiger partial charge is 0.261 e. The highest BCUT2D eigenvalue weighted by Gasteiger charge is 2.16. The zero-order chi connectivity index (χ0) is 19.9. The second kappa shape index (κ2) is 8.90. The third kappa shape index (κ3) is 4.79. The van der Waals surface area contributed by atoms with Gasteiger partial charge < -0.3 is 24.1 Å². The molecule has 0 saturated heterocycles. The first kappa shape index (κ1) is 19.2. The number of hydrogen-bond donors (Lipinski definition) is 1. The molecule has 0 radical (unpaired) electrons. The summed E-state index contributed by atoms with van der Waals surface area (Å²) >= 11 is 0. The van der Waals surface area contributed by atoms with Gasteiger partial charge in [-0.2, -0.15) is 4.98 Å². The Balaban J connectivity index is 1.56. The van der Waals surface area contributed by atoms with Crippen LogP contribution in [0.5, 0.6) is 17.2 Å². The predicted molar refractivity (Wildman–Crippen MR) is 101 cm³/mol. The summed E-state index contributed by atoms with van der Waals surface area (Å²) < 4.78 is 21.2. The van der Waals surface area contributed by atoms with Crippen molar-refractivity contribution in [3.63, 3.8) is 0 Å². The molecule has 3 rings (SSSR count). The van der Waals surface area contributed by atoms with E-state index in [1.165, 1.54) is 0 Å². The van der Waals surface area contributed by atoms with Crippen molar-refractivity contribution >= 4 is 5.91 Å². The number of carbonyl (C=O) groups excluding carboxylic acids is 1. The van der Waals surface area contributed by atoms with Gasteiger partial charge in [0.2, 0.25) is 11.7 Å². The van der Waals surface area contributed by atoms with Gasteiger partial charge in [0, 0.05) is 11.6 Å². The molecular weight excluding hydrogens is 362 g/mol. The Morgan fingerprint density at radius 1 is 1.07 bits per heavy atom. The SMILES string of the molecule is COc1cccc(O[C@@H](C)C(=O)NCc2nc(-c3cccc(OC)c3)no2)c1. The minimum absolute atomic E-state index is 0.0988. The Kier molecular flexibility index (Phi) is 6.11. The van der Waals surface area contributed by atoms with Crippen molar-refractivity contribution in [2.45, 2.75) is 19.6 Å². The molecule has 8 nitrogen and oxygen atoms in total. The molecule has 1 atom stereocenters. The summed E-state index contributed by atoms with van der Waals surface area (Å²) in [4.78, 5) is 16.6. The Hall–Kier alpha value is -3.55. The number of nitrogens with one attached hydrogen (secondary N) is 1. The first-order valence-corrected chi connectivity index (χ1v) is 8.64. The third-order valence-corrected chi connectivity index (χ3v) is 3.93. The topological polar surface area (TPSA) is 95.7 Å². The number of benzene rings is 2. The monoisotopic (exact) mass is 383 g/mol. The Morgan fingerprint density at radius 2 is 1.75 bits per heavy atom. The fourth-order valence-corrected chi connectivity index (χ4v) is 2.44. The lowest BCUT2D eigenvalue weighted by molar-refractivity contribution is -0.127. The van der Waals surface area contributed by atoms with Gasteiger partial charge >= 0.3 is 0 Å². The van der Waals surface area contributed by atoms with Crippen molar-refractivity contribution in [1.29, 1.82) is 0 Å². The van der Waals surface area contributed by atoms with Crippen LogP contribution in [0.1, 0.15) is 12.8 Å². The zero-order valence-electron chi connectivity index (χ0n) is 15.8. The molecule has 0 fully saturated rings. The van der Waals surface area contributed by atoms with Crippen LogP contribution in [0.4, 0.5) is 0 Å². The summed E-state index contributed by atoms with van der Waals surface area (Å²) in [5.41, 5.74) is 0.760. The quantitative estimate of drug-likeness (QED) is 0.639. The Labute approximate surface area is 162 Å². The summed E-state index contributed by atoms with van der Waals surface area (Å²) in [6.45, 7) is 1.76. The van der Waals surface area contributed by atoms with E-state index < -0.39 is 6.10 Å². The molecule has 0 aliphatic carbocycles.